The zero-order chi connectivity index (χ0) is 55.6. The number of anilines is 6. The lowest BCUT2D eigenvalue weighted by Crippen LogP contribution is -2.33. The van der Waals surface area contributed by atoms with E-state index < -0.39 is 85.1 Å². The van der Waals surface area contributed by atoms with E-state index in [1.54, 1.807) is 0 Å². The average Bonchev–Trinajstić information content (AvgIpc) is 3.33. The molecule has 0 atom stereocenters. The summed E-state index contributed by atoms with van der Waals surface area (Å²) >= 11 is 0. The molecular weight excluding hydrogens is 1080 g/mol. The fourth-order valence-electron chi connectivity index (χ4n) is 6.66. The van der Waals surface area contributed by atoms with Crippen molar-refractivity contribution in [3.05, 3.63) is 107 Å². The second-order valence-electron chi connectivity index (χ2n) is 15.7. The Bertz CT molecular complexity index is 3540. The summed E-state index contributed by atoms with van der Waals surface area (Å²) in [5, 5.41) is 59.2. The van der Waals surface area contributed by atoms with E-state index in [-0.39, 0.29) is 108 Å². The van der Waals surface area contributed by atoms with Crippen LogP contribution in [0.5, 0.6) is 0 Å². The average molecular weight is 1130 g/mol. The number of nitrogens with zero attached hydrogens (tertiary/aromatic N) is 8. The van der Waals surface area contributed by atoms with E-state index in [2.05, 4.69) is 50.5 Å². The molecule has 404 valence electrons. The van der Waals surface area contributed by atoms with Crippen LogP contribution in [-0.4, -0.2) is 153 Å². The predicted molar refractivity (Wildman–Crippen MR) is 272 cm³/mol. The summed E-state index contributed by atoms with van der Waals surface area (Å²) in [6.07, 6.45) is 1.86. The van der Waals surface area contributed by atoms with Gasteiger partial charge < -0.3 is 40.9 Å². The SMILES string of the molecule is N=C(O)CCN(CCO)c1nc(Nc2ccc(S(=O)(=O)O)cc2)nc(=Nc2ccc(C=Cc3ccc(N=c4nc(Nc5ccc(S(=O)(=O)O)cc5)nc(N(CCO)CCC(=N)O)[nH]4)cc3S(=O)(=O)O)c(S(=O)(=O)O)c2)[nH]1. The third kappa shape index (κ3) is 16.2. The Labute approximate surface area is 431 Å². The van der Waals surface area contributed by atoms with Gasteiger partial charge in [-0.3, -0.25) is 39.0 Å². The molecule has 0 fully saturated rings. The molecule has 30 nitrogen and oxygen atoms in total. The molecule has 2 aromatic heterocycles. The second-order valence-corrected chi connectivity index (χ2v) is 21.3. The molecule has 0 bridgehead atoms. The van der Waals surface area contributed by atoms with Gasteiger partial charge in [0.2, 0.25) is 35.0 Å². The van der Waals surface area contributed by atoms with Crippen molar-refractivity contribution in [2.75, 3.05) is 59.8 Å². The van der Waals surface area contributed by atoms with E-state index in [4.69, 9.17) is 10.8 Å². The van der Waals surface area contributed by atoms with Crippen LogP contribution in [0, 0.1) is 10.8 Å². The van der Waals surface area contributed by atoms with E-state index in [1.807, 2.05) is 0 Å². The van der Waals surface area contributed by atoms with Crippen molar-refractivity contribution >= 4 is 111 Å². The molecule has 76 heavy (non-hydrogen) atoms. The van der Waals surface area contributed by atoms with Crippen LogP contribution in [0.1, 0.15) is 24.0 Å². The Kier molecular flexibility index (Phi) is 18.1. The van der Waals surface area contributed by atoms with Crippen molar-refractivity contribution in [3.63, 3.8) is 0 Å². The van der Waals surface area contributed by atoms with E-state index in [0.29, 0.717) is 0 Å². The number of hydrogen-bond acceptors (Lipinski definition) is 22. The number of aliphatic hydroxyl groups is 4. The zero-order valence-electron chi connectivity index (χ0n) is 38.9. The van der Waals surface area contributed by atoms with Gasteiger partial charge in [0.05, 0.1) is 34.4 Å². The number of aliphatic hydroxyl groups excluding tert-OH is 4. The molecule has 0 spiro atoms. The Morgan fingerprint density at radius 3 is 1.18 bits per heavy atom. The predicted octanol–water partition coefficient (Wildman–Crippen LogP) is 2.48. The summed E-state index contributed by atoms with van der Waals surface area (Å²) in [7, 11) is -19.2. The van der Waals surface area contributed by atoms with Gasteiger partial charge in [-0.05, 0) is 83.9 Å². The van der Waals surface area contributed by atoms with Crippen LogP contribution in [0.25, 0.3) is 12.2 Å². The number of aromatic nitrogens is 6. The van der Waals surface area contributed by atoms with E-state index in [0.717, 1.165) is 48.6 Å². The summed E-state index contributed by atoms with van der Waals surface area (Å²) in [4.78, 5) is 32.1. The molecule has 0 amide bonds. The van der Waals surface area contributed by atoms with Gasteiger partial charge in [0, 0.05) is 50.4 Å². The number of nitrogens with one attached hydrogen (secondary N) is 6. The van der Waals surface area contributed by atoms with Crippen LogP contribution in [0.4, 0.5) is 46.5 Å². The fraction of sp³-hybridized carbons (Fsp3) is 0.190. The summed E-state index contributed by atoms with van der Waals surface area (Å²) in [6.45, 7) is -1.10. The van der Waals surface area contributed by atoms with Crippen molar-refractivity contribution < 1.29 is 72.3 Å². The van der Waals surface area contributed by atoms with Crippen molar-refractivity contribution in [2.24, 2.45) is 9.98 Å². The molecule has 0 aliphatic heterocycles. The highest BCUT2D eigenvalue weighted by Crippen LogP contribution is 2.28. The highest BCUT2D eigenvalue weighted by molar-refractivity contribution is 7.86. The molecule has 0 unspecified atom stereocenters. The molecule has 6 rings (SSSR count). The topological polar surface area (TPSA) is 485 Å². The minimum Gasteiger partial charge on any atom is -0.497 e. The van der Waals surface area contributed by atoms with Gasteiger partial charge >= 0.3 is 0 Å². The van der Waals surface area contributed by atoms with Crippen LogP contribution < -0.4 is 31.7 Å². The first-order valence-electron chi connectivity index (χ1n) is 21.6. The lowest BCUT2D eigenvalue weighted by Gasteiger charge is -2.22. The molecule has 4 aromatic carbocycles. The Morgan fingerprint density at radius 1 is 0.526 bits per heavy atom. The molecule has 0 aliphatic carbocycles. The van der Waals surface area contributed by atoms with Gasteiger partial charge in [0.15, 0.2) is 11.8 Å². The Morgan fingerprint density at radius 2 is 0.882 bits per heavy atom. The smallest absolute Gasteiger partial charge is 0.295 e. The minimum atomic E-state index is -5.08. The van der Waals surface area contributed by atoms with Crippen LogP contribution in [0.15, 0.2) is 114 Å². The van der Waals surface area contributed by atoms with E-state index in [1.165, 1.54) is 58.3 Å². The molecule has 0 saturated heterocycles. The lowest BCUT2D eigenvalue weighted by atomic mass is 10.1. The number of hydrogen-bond donors (Lipinski definition) is 14. The number of benzene rings is 4. The van der Waals surface area contributed by atoms with Crippen LogP contribution in [-0.2, 0) is 40.5 Å². The Hall–Kier alpha value is -8.06. The molecule has 0 aliphatic rings. The molecule has 0 saturated carbocycles. The first-order chi connectivity index (χ1) is 35.7. The molecule has 14 N–H and O–H groups in total. The third-order valence-electron chi connectivity index (χ3n) is 10.1. The lowest BCUT2D eigenvalue weighted by molar-refractivity contribution is 0.301. The van der Waals surface area contributed by atoms with E-state index >= 15 is 0 Å². The zero-order valence-corrected chi connectivity index (χ0v) is 42.2. The maximum Gasteiger partial charge on any atom is 0.295 e. The first kappa shape index (κ1) is 57.2. The van der Waals surface area contributed by atoms with Crippen molar-refractivity contribution in [1.82, 2.24) is 29.9 Å². The van der Waals surface area contributed by atoms with Gasteiger partial charge in [-0.25, -0.2) is 9.98 Å². The normalized spacial score (nSPS) is 12.7. The molecule has 34 heteroatoms. The first-order valence-corrected chi connectivity index (χ1v) is 27.4. The van der Waals surface area contributed by atoms with Gasteiger partial charge in [0.1, 0.15) is 9.79 Å². The maximum atomic E-state index is 12.8. The molecule has 0 radical (unpaired) electrons. The standard InChI is InChI=1S/C42H46N14O16S4/c43-35(59)15-17-55(19-21-57)41-51-37(45-27-7-11-31(12-8-27)73(61,62)63)49-39(53-41)47-29-5-3-25(33(23-29)75(67,68)69)1-2-26-4-6-30(24-34(26)76(70,71)72)48-40-50-38(46-28-9-13-32(14-10-28)74(64,65)66)52-42(54-40)56(20-22-58)18-16-36(44)60/h1-14,23-24,57-58H,15-22H2,(H2,43,59)(H2,44,60)(H,61,62,63)(H,64,65,66)(H,67,68,69)(H,70,71,72)(H2,45,47,49,51,53)(H2,46,48,50,52,54). The van der Waals surface area contributed by atoms with Gasteiger partial charge in [-0.2, -0.15) is 53.6 Å². The fourth-order valence-corrected chi connectivity index (χ4v) is 9.03. The van der Waals surface area contributed by atoms with Crippen LogP contribution in [0.3, 0.4) is 0 Å². The Balaban J connectivity index is 1.39. The maximum absolute atomic E-state index is 12.8. The molecule has 6 aromatic rings. The minimum absolute atomic E-state index is 0.0308. The van der Waals surface area contributed by atoms with Crippen molar-refractivity contribution in [1.29, 1.82) is 10.8 Å². The van der Waals surface area contributed by atoms with Crippen LogP contribution >= 0.6 is 0 Å². The van der Waals surface area contributed by atoms with Gasteiger partial charge in [-0.15, -0.1) is 0 Å². The number of H-pyrrole nitrogens is 2. The highest BCUT2D eigenvalue weighted by Gasteiger charge is 2.20. The van der Waals surface area contributed by atoms with E-state index in [9.17, 15) is 72.3 Å². The highest BCUT2D eigenvalue weighted by atomic mass is 32.2. The quantitative estimate of drug-likeness (QED) is 0.0179. The largest absolute Gasteiger partial charge is 0.497 e. The molecular formula is C42H46N14O16S4. The van der Waals surface area contributed by atoms with Crippen molar-refractivity contribution in [3.8, 4) is 0 Å². The molecule has 2 heterocycles. The third-order valence-corrected chi connectivity index (χ3v) is 13.7. The number of aromatic amines is 2. The monoisotopic (exact) mass is 1130 g/mol. The van der Waals surface area contributed by atoms with Gasteiger partial charge in [0.25, 0.3) is 40.5 Å². The van der Waals surface area contributed by atoms with Gasteiger partial charge in [-0.1, -0.05) is 24.3 Å². The summed E-state index contributed by atoms with van der Waals surface area (Å²) < 4.78 is 137. The number of rotatable bonds is 24. The second kappa shape index (κ2) is 24.1. The summed E-state index contributed by atoms with van der Waals surface area (Å²) in [5.74, 6) is -1.80. The van der Waals surface area contributed by atoms with Crippen LogP contribution in [0.2, 0.25) is 0 Å². The summed E-state index contributed by atoms with van der Waals surface area (Å²) in [5.41, 5.74) is -0.786. The van der Waals surface area contributed by atoms with Crippen molar-refractivity contribution in [2.45, 2.75) is 32.4 Å². The summed E-state index contributed by atoms with van der Waals surface area (Å²) in [6, 6.07) is 16.3.